The molecule has 0 aliphatic carbocycles. The molecule has 0 atom stereocenters. The Kier molecular flexibility index (Phi) is 4.55. The summed E-state index contributed by atoms with van der Waals surface area (Å²) >= 11 is 12.0. The number of amides is 1. The van der Waals surface area contributed by atoms with Gasteiger partial charge in [0.25, 0.3) is 5.91 Å². The average molecular weight is 348 g/mol. The molecule has 0 aliphatic heterocycles. The van der Waals surface area contributed by atoms with Crippen LogP contribution in [0.1, 0.15) is 16.2 Å². The Labute approximate surface area is 144 Å². The van der Waals surface area contributed by atoms with Gasteiger partial charge in [0.1, 0.15) is 5.82 Å². The molecule has 1 N–H and O–H groups in total. The maximum absolute atomic E-state index is 12.2. The molecule has 3 rings (SSSR count). The molecule has 0 fully saturated rings. The summed E-state index contributed by atoms with van der Waals surface area (Å²) in [5.74, 6) is 0.681. The molecule has 1 heterocycles. The van der Waals surface area contributed by atoms with Gasteiger partial charge in [0, 0.05) is 13.1 Å². The van der Waals surface area contributed by atoms with E-state index in [1.807, 2.05) is 31.2 Å². The summed E-state index contributed by atoms with van der Waals surface area (Å²) in [4.78, 5) is 16.7. The molecule has 118 valence electrons. The van der Waals surface area contributed by atoms with Crippen LogP contribution in [0.3, 0.4) is 0 Å². The number of fused-ring (bicyclic) bond motifs is 1. The van der Waals surface area contributed by atoms with E-state index in [4.69, 9.17) is 23.2 Å². The molecule has 1 amide bonds. The van der Waals surface area contributed by atoms with Crippen molar-refractivity contribution < 1.29 is 4.79 Å². The third-order valence-electron chi connectivity index (χ3n) is 3.66. The van der Waals surface area contributed by atoms with Crippen LogP contribution in [0.25, 0.3) is 11.0 Å². The number of aryl methyl sites for hydroxylation is 1. The van der Waals surface area contributed by atoms with Crippen molar-refractivity contribution in [3.63, 3.8) is 0 Å². The zero-order valence-corrected chi connectivity index (χ0v) is 14.0. The fourth-order valence-electron chi connectivity index (χ4n) is 2.53. The first-order valence-corrected chi connectivity index (χ1v) is 7.97. The molecule has 0 radical (unpaired) electrons. The second kappa shape index (κ2) is 6.60. The Morgan fingerprint density at radius 3 is 2.78 bits per heavy atom. The third kappa shape index (κ3) is 3.19. The lowest BCUT2D eigenvalue weighted by molar-refractivity contribution is 0.0952. The van der Waals surface area contributed by atoms with Gasteiger partial charge in [-0.05, 0) is 31.2 Å². The first-order valence-electron chi connectivity index (χ1n) is 7.22. The molecule has 1 aromatic heterocycles. The van der Waals surface area contributed by atoms with Gasteiger partial charge in [0.05, 0.1) is 26.6 Å². The smallest absolute Gasteiger partial charge is 0.252 e. The fraction of sp³-hybridized carbons (Fsp3) is 0.176. The maximum atomic E-state index is 12.2. The summed E-state index contributed by atoms with van der Waals surface area (Å²) in [5, 5.41) is 3.51. The topological polar surface area (TPSA) is 46.9 Å². The number of hydrogen-bond donors (Lipinski definition) is 1. The molecular weight excluding hydrogens is 333 g/mol. The van der Waals surface area contributed by atoms with E-state index in [-0.39, 0.29) is 10.9 Å². The normalized spacial score (nSPS) is 10.9. The number of nitrogens with zero attached hydrogens (tertiary/aromatic N) is 2. The number of aromatic nitrogens is 2. The summed E-state index contributed by atoms with van der Waals surface area (Å²) in [5.41, 5.74) is 2.39. The Hall–Kier alpha value is -2.04. The van der Waals surface area contributed by atoms with E-state index in [0.717, 1.165) is 16.9 Å². The van der Waals surface area contributed by atoms with Crippen LogP contribution in [0.4, 0.5) is 0 Å². The first-order chi connectivity index (χ1) is 11.1. The highest BCUT2D eigenvalue weighted by Crippen LogP contribution is 2.25. The number of benzene rings is 2. The summed E-state index contributed by atoms with van der Waals surface area (Å²) < 4.78 is 2.08. The molecule has 0 unspecified atom stereocenters. The first kappa shape index (κ1) is 15.8. The van der Waals surface area contributed by atoms with Crippen LogP contribution >= 0.6 is 23.2 Å². The molecule has 3 aromatic rings. The summed E-state index contributed by atoms with van der Waals surface area (Å²) in [6, 6.07) is 12.9. The Morgan fingerprint density at radius 2 is 1.96 bits per heavy atom. The molecule has 23 heavy (non-hydrogen) atoms. The largest absolute Gasteiger partial charge is 0.350 e. The van der Waals surface area contributed by atoms with Gasteiger partial charge >= 0.3 is 0 Å². The minimum atomic E-state index is -0.237. The number of carbonyl (C=O) groups is 1. The predicted molar refractivity (Wildman–Crippen MR) is 93.3 cm³/mol. The Bertz CT molecular complexity index is 873. The zero-order valence-electron chi connectivity index (χ0n) is 12.5. The van der Waals surface area contributed by atoms with Gasteiger partial charge < -0.3 is 9.88 Å². The average Bonchev–Trinajstić information content (AvgIpc) is 2.86. The van der Waals surface area contributed by atoms with Crippen LogP contribution in [-0.2, 0) is 6.54 Å². The van der Waals surface area contributed by atoms with E-state index >= 15 is 0 Å². The van der Waals surface area contributed by atoms with Crippen LogP contribution in [0.2, 0.25) is 10.0 Å². The lowest BCUT2D eigenvalue weighted by Crippen LogP contribution is -2.27. The minimum Gasteiger partial charge on any atom is -0.350 e. The van der Waals surface area contributed by atoms with E-state index in [1.165, 1.54) is 0 Å². The molecule has 0 bridgehead atoms. The third-order valence-corrected chi connectivity index (χ3v) is 4.48. The van der Waals surface area contributed by atoms with Crippen LogP contribution in [-0.4, -0.2) is 22.0 Å². The molecule has 6 heteroatoms. The highest BCUT2D eigenvalue weighted by molar-refractivity contribution is 6.43. The predicted octanol–water partition coefficient (Wildman–Crippen LogP) is 4.08. The van der Waals surface area contributed by atoms with Crippen molar-refractivity contribution in [2.45, 2.75) is 13.5 Å². The number of carbonyl (C=O) groups excluding carboxylic acids is 1. The molecule has 2 aromatic carbocycles. The zero-order chi connectivity index (χ0) is 16.4. The van der Waals surface area contributed by atoms with E-state index in [1.54, 1.807) is 18.2 Å². The Morgan fingerprint density at radius 1 is 1.17 bits per heavy atom. The highest BCUT2D eigenvalue weighted by atomic mass is 35.5. The van der Waals surface area contributed by atoms with E-state index in [2.05, 4.69) is 14.9 Å². The Balaban J connectivity index is 1.70. The molecule has 0 saturated carbocycles. The van der Waals surface area contributed by atoms with Crippen molar-refractivity contribution in [3.05, 3.63) is 63.9 Å². The van der Waals surface area contributed by atoms with Gasteiger partial charge in [-0.3, -0.25) is 4.79 Å². The van der Waals surface area contributed by atoms with Crippen molar-refractivity contribution in [1.82, 2.24) is 14.9 Å². The number of halogens is 2. The second-order valence-corrected chi connectivity index (χ2v) is 5.94. The summed E-state index contributed by atoms with van der Waals surface area (Å²) in [6.45, 7) is 3.06. The van der Waals surface area contributed by atoms with Crippen molar-refractivity contribution in [1.29, 1.82) is 0 Å². The van der Waals surface area contributed by atoms with Crippen molar-refractivity contribution in [2.24, 2.45) is 0 Å². The molecule has 0 saturated heterocycles. The van der Waals surface area contributed by atoms with Crippen molar-refractivity contribution in [2.75, 3.05) is 6.54 Å². The van der Waals surface area contributed by atoms with Gasteiger partial charge in [-0.2, -0.15) is 0 Å². The molecule has 4 nitrogen and oxygen atoms in total. The van der Waals surface area contributed by atoms with Gasteiger partial charge in [-0.25, -0.2) is 4.98 Å². The lowest BCUT2D eigenvalue weighted by Gasteiger charge is -2.10. The lowest BCUT2D eigenvalue weighted by atomic mass is 10.2. The number of rotatable bonds is 4. The van der Waals surface area contributed by atoms with Crippen LogP contribution in [0.5, 0.6) is 0 Å². The van der Waals surface area contributed by atoms with E-state index < -0.39 is 0 Å². The number of imidazole rings is 1. The number of hydrogen-bond acceptors (Lipinski definition) is 2. The van der Waals surface area contributed by atoms with Crippen LogP contribution in [0.15, 0.2) is 42.5 Å². The van der Waals surface area contributed by atoms with Gasteiger partial charge in [0.15, 0.2) is 0 Å². The van der Waals surface area contributed by atoms with Gasteiger partial charge in [-0.15, -0.1) is 0 Å². The fourth-order valence-corrected chi connectivity index (χ4v) is 2.92. The number of nitrogens with one attached hydrogen (secondary N) is 1. The highest BCUT2D eigenvalue weighted by Gasteiger charge is 2.12. The van der Waals surface area contributed by atoms with E-state index in [0.29, 0.717) is 23.7 Å². The van der Waals surface area contributed by atoms with Crippen molar-refractivity contribution in [3.8, 4) is 0 Å². The van der Waals surface area contributed by atoms with Crippen LogP contribution in [0, 0.1) is 6.92 Å². The van der Waals surface area contributed by atoms with Gasteiger partial charge in [-0.1, -0.05) is 41.4 Å². The standard InChI is InChI=1S/C17H15Cl2N3O/c1-11-21-14-7-2-3-8-15(14)22(11)10-9-20-17(23)12-5-4-6-13(18)16(12)19/h2-8H,9-10H2,1H3,(H,20,23). The van der Waals surface area contributed by atoms with Gasteiger partial charge in [0.2, 0.25) is 0 Å². The van der Waals surface area contributed by atoms with E-state index in [9.17, 15) is 4.79 Å². The summed E-state index contributed by atoms with van der Waals surface area (Å²) in [6.07, 6.45) is 0. The van der Waals surface area contributed by atoms with Crippen molar-refractivity contribution >= 4 is 40.1 Å². The maximum Gasteiger partial charge on any atom is 0.252 e. The molecular formula is C17H15Cl2N3O. The minimum absolute atomic E-state index is 0.237. The molecule has 0 spiro atoms. The summed E-state index contributed by atoms with van der Waals surface area (Å²) in [7, 11) is 0. The quantitative estimate of drug-likeness (QED) is 0.772. The SMILES string of the molecule is Cc1nc2ccccc2n1CCNC(=O)c1cccc(Cl)c1Cl. The number of para-hydroxylation sites is 2. The second-order valence-electron chi connectivity index (χ2n) is 5.16. The monoisotopic (exact) mass is 347 g/mol. The molecule has 0 aliphatic rings. The van der Waals surface area contributed by atoms with Crippen LogP contribution < -0.4 is 5.32 Å².